The molecule has 0 aliphatic rings. The van der Waals surface area contributed by atoms with E-state index >= 15 is 0 Å². The molecule has 0 saturated heterocycles. The average Bonchev–Trinajstić information content (AvgIpc) is 2.41. The Balaban J connectivity index is 2.50. The van der Waals surface area contributed by atoms with Gasteiger partial charge in [0.15, 0.2) is 0 Å². The fraction of sp³-hybridized carbons (Fsp3) is 0.600. The van der Waals surface area contributed by atoms with Crippen LogP contribution >= 0.6 is 0 Å². The van der Waals surface area contributed by atoms with Gasteiger partial charge in [0, 0.05) is 6.61 Å². The molecule has 0 radical (unpaired) electrons. The van der Waals surface area contributed by atoms with Gasteiger partial charge in [-0.3, -0.25) is 0 Å². The lowest BCUT2D eigenvalue weighted by molar-refractivity contribution is -0.000962. The third-order valence-corrected chi connectivity index (χ3v) is 2.86. The summed E-state index contributed by atoms with van der Waals surface area (Å²) < 4.78 is 11.1. The molecule has 0 fully saturated rings. The molecule has 1 rings (SSSR count). The van der Waals surface area contributed by atoms with Crippen molar-refractivity contribution in [3.05, 3.63) is 35.9 Å². The van der Waals surface area contributed by atoms with Crippen LogP contribution in [0.2, 0.25) is 0 Å². The van der Waals surface area contributed by atoms with Gasteiger partial charge in [0.25, 0.3) is 0 Å². The molecule has 0 heterocycles. The third kappa shape index (κ3) is 5.17. The Kier molecular flexibility index (Phi) is 7.65. The molecule has 3 nitrogen and oxygen atoms in total. The topological polar surface area (TPSA) is 30.5 Å². The van der Waals surface area contributed by atoms with Gasteiger partial charge in [-0.2, -0.15) is 0 Å². The standard InChI is InChI=1S/C15H25NO2/c1-4-16-15(14-9-7-6-8-10-14)13(3)18-12-11-17-5-2/h6-10,13,15-16H,4-5,11-12H2,1-3H3. The van der Waals surface area contributed by atoms with Crippen molar-refractivity contribution in [3.8, 4) is 0 Å². The molecule has 0 aromatic heterocycles. The van der Waals surface area contributed by atoms with Crippen LogP contribution in [0.5, 0.6) is 0 Å². The van der Waals surface area contributed by atoms with E-state index in [2.05, 4.69) is 43.4 Å². The van der Waals surface area contributed by atoms with E-state index in [9.17, 15) is 0 Å². The first-order valence-corrected chi connectivity index (χ1v) is 6.77. The van der Waals surface area contributed by atoms with Crippen LogP contribution < -0.4 is 5.32 Å². The lowest BCUT2D eigenvalue weighted by atomic mass is 10.0. The van der Waals surface area contributed by atoms with Gasteiger partial charge in [0.2, 0.25) is 0 Å². The van der Waals surface area contributed by atoms with Gasteiger partial charge in [0.05, 0.1) is 25.4 Å². The highest BCUT2D eigenvalue weighted by atomic mass is 16.5. The predicted molar refractivity (Wildman–Crippen MR) is 74.8 cm³/mol. The molecule has 1 aromatic rings. The van der Waals surface area contributed by atoms with Gasteiger partial charge < -0.3 is 14.8 Å². The van der Waals surface area contributed by atoms with Crippen LogP contribution in [-0.2, 0) is 9.47 Å². The van der Waals surface area contributed by atoms with Crippen molar-refractivity contribution in [1.82, 2.24) is 5.32 Å². The summed E-state index contributed by atoms with van der Waals surface area (Å²) >= 11 is 0. The van der Waals surface area contributed by atoms with E-state index in [4.69, 9.17) is 9.47 Å². The van der Waals surface area contributed by atoms with E-state index in [0.29, 0.717) is 13.2 Å². The summed E-state index contributed by atoms with van der Waals surface area (Å²) in [4.78, 5) is 0. The molecule has 1 N–H and O–H groups in total. The highest BCUT2D eigenvalue weighted by Gasteiger charge is 2.18. The molecule has 0 spiro atoms. The summed E-state index contributed by atoms with van der Waals surface area (Å²) in [5.74, 6) is 0. The van der Waals surface area contributed by atoms with Crippen molar-refractivity contribution < 1.29 is 9.47 Å². The minimum Gasteiger partial charge on any atom is -0.379 e. The summed E-state index contributed by atoms with van der Waals surface area (Å²) in [5, 5.41) is 3.47. The Bertz CT molecular complexity index is 303. The second-order valence-electron chi connectivity index (χ2n) is 4.22. The van der Waals surface area contributed by atoms with Gasteiger partial charge in [-0.15, -0.1) is 0 Å². The fourth-order valence-corrected chi connectivity index (χ4v) is 1.97. The highest BCUT2D eigenvalue weighted by molar-refractivity contribution is 5.19. The summed E-state index contributed by atoms with van der Waals surface area (Å²) in [6, 6.07) is 10.7. The molecule has 0 saturated carbocycles. The lowest BCUT2D eigenvalue weighted by Crippen LogP contribution is -2.32. The van der Waals surface area contributed by atoms with E-state index in [-0.39, 0.29) is 12.1 Å². The molecule has 18 heavy (non-hydrogen) atoms. The zero-order valence-electron chi connectivity index (χ0n) is 11.7. The molecular weight excluding hydrogens is 226 g/mol. The van der Waals surface area contributed by atoms with Gasteiger partial charge in [0.1, 0.15) is 0 Å². The molecule has 0 amide bonds. The summed E-state index contributed by atoms with van der Waals surface area (Å²) in [6.45, 7) is 9.19. The number of likely N-dealkylation sites (N-methyl/N-ethyl adjacent to an activating group) is 1. The zero-order chi connectivity index (χ0) is 13.2. The molecular formula is C15H25NO2. The molecule has 0 bridgehead atoms. The Labute approximate surface area is 110 Å². The van der Waals surface area contributed by atoms with Crippen molar-refractivity contribution in [1.29, 1.82) is 0 Å². The Morgan fingerprint density at radius 2 is 1.83 bits per heavy atom. The first-order valence-electron chi connectivity index (χ1n) is 6.77. The molecule has 102 valence electrons. The number of benzene rings is 1. The molecule has 0 aliphatic heterocycles. The third-order valence-electron chi connectivity index (χ3n) is 2.86. The molecule has 1 aromatic carbocycles. The quantitative estimate of drug-likeness (QED) is 0.685. The normalized spacial score (nSPS) is 14.4. The largest absolute Gasteiger partial charge is 0.379 e. The Hall–Kier alpha value is -0.900. The zero-order valence-corrected chi connectivity index (χ0v) is 11.7. The van der Waals surface area contributed by atoms with Crippen LogP contribution in [0.1, 0.15) is 32.4 Å². The van der Waals surface area contributed by atoms with E-state index < -0.39 is 0 Å². The number of nitrogens with one attached hydrogen (secondary N) is 1. The monoisotopic (exact) mass is 251 g/mol. The van der Waals surface area contributed by atoms with Crippen LogP contribution in [-0.4, -0.2) is 32.5 Å². The second kappa shape index (κ2) is 9.09. The van der Waals surface area contributed by atoms with Crippen LogP contribution in [0.15, 0.2) is 30.3 Å². The first-order chi connectivity index (χ1) is 8.79. The highest BCUT2D eigenvalue weighted by Crippen LogP contribution is 2.18. The number of rotatable bonds is 9. The molecule has 3 heteroatoms. The van der Waals surface area contributed by atoms with E-state index in [0.717, 1.165) is 13.2 Å². The number of ether oxygens (including phenoxy) is 2. The summed E-state index contributed by atoms with van der Waals surface area (Å²) in [6.07, 6.45) is 0.132. The minimum absolute atomic E-state index is 0.132. The van der Waals surface area contributed by atoms with Crippen molar-refractivity contribution >= 4 is 0 Å². The maximum Gasteiger partial charge on any atom is 0.0742 e. The van der Waals surface area contributed by atoms with Crippen LogP contribution in [0.3, 0.4) is 0 Å². The summed E-state index contributed by atoms with van der Waals surface area (Å²) in [7, 11) is 0. The van der Waals surface area contributed by atoms with Crippen molar-refractivity contribution in [3.63, 3.8) is 0 Å². The van der Waals surface area contributed by atoms with Gasteiger partial charge >= 0.3 is 0 Å². The molecule has 0 aliphatic carbocycles. The van der Waals surface area contributed by atoms with E-state index in [1.807, 2.05) is 13.0 Å². The SMILES string of the molecule is CCNC(c1ccccc1)C(C)OCCOCC. The van der Waals surface area contributed by atoms with Crippen molar-refractivity contribution in [2.75, 3.05) is 26.4 Å². The maximum atomic E-state index is 5.83. The molecule has 2 atom stereocenters. The number of hydrogen-bond acceptors (Lipinski definition) is 3. The molecule has 2 unspecified atom stereocenters. The second-order valence-corrected chi connectivity index (χ2v) is 4.22. The fourth-order valence-electron chi connectivity index (χ4n) is 1.97. The van der Waals surface area contributed by atoms with Gasteiger partial charge in [-0.05, 0) is 26.0 Å². The predicted octanol–water partition coefficient (Wildman–Crippen LogP) is 2.78. The van der Waals surface area contributed by atoms with Crippen LogP contribution in [0, 0.1) is 0 Å². The maximum absolute atomic E-state index is 5.83. The van der Waals surface area contributed by atoms with Gasteiger partial charge in [-0.1, -0.05) is 37.3 Å². The van der Waals surface area contributed by atoms with Crippen molar-refractivity contribution in [2.24, 2.45) is 0 Å². The van der Waals surface area contributed by atoms with E-state index in [1.54, 1.807) is 0 Å². The lowest BCUT2D eigenvalue weighted by Gasteiger charge is -2.25. The Morgan fingerprint density at radius 3 is 2.44 bits per heavy atom. The van der Waals surface area contributed by atoms with Crippen LogP contribution in [0.4, 0.5) is 0 Å². The van der Waals surface area contributed by atoms with E-state index in [1.165, 1.54) is 5.56 Å². The van der Waals surface area contributed by atoms with Crippen molar-refractivity contribution in [2.45, 2.75) is 32.9 Å². The minimum atomic E-state index is 0.132. The van der Waals surface area contributed by atoms with Gasteiger partial charge in [-0.25, -0.2) is 0 Å². The number of hydrogen-bond donors (Lipinski definition) is 1. The Morgan fingerprint density at radius 1 is 1.11 bits per heavy atom. The first kappa shape index (κ1) is 15.2. The average molecular weight is 251 g/mol. The van der Waals surface area contributed by atoms with Crippen LogP contribution in [0.25, 0.3) is 0 Å². The smallest absolute Gasteiger partial charge is 0.0742 e. The summed E-state index contributed by atoms with van der Waals surface area (Å²) in [5.41, 5.74) is 1.27.